The van der Waals surface area contributed by atoms with Gasteiger partial charge in [-0.25, -0.2) is 0 Å². The van der Waals surface area contributed by atoms with E-state index in [1.54, 1.807) is 12.1 Å². The highest BCUT2D eigenvalue weighted by Crippen LogP contribution is 2.33. The van der Waals surface area contributed by atoms with E-state index < -0.39 is 0 Å². The molecule has 1 unspecified atom stereocenters. The summed E-state index contributed by atoms with van der Waals surface area (Å²) in [6, 6.07) is 4.08. The van der Waals surface area contributed by atoms with E-state index in [0.717, 1.165) is 19.3 Å². The summed E-state index contributed by atoms with van der Waals surface area (Å²) in [6.45, 7) is 6.85. The molecule has 4 heteroatoms. The fourth-order valence-corrected chi connectivity index (χ4v) is 3.28. The lowest BCUT2D eigenvalue weighted by Crippen LogP contribution is -2.40. The minimum absolute atomic E-state index is 0. The first kappa shape index (κ1) is 19.3. The number of phenolic OH excluding ortho intramolecular Hbond substituents is 2. The van der Waals surface area contributed by atoms with Crippen LogP contribution in [0.25, 0.3) is 0 Å². The number of fused-ring (bicyclic) bond motifs is 1. The van der Waals surface area contributed by atoms with Gasteiger partial charge in [0.2, 0.25) is 0 Å². The molecule has 1 aromatic rings. The zero-order valence-electron chi connectivity index (χ0n) is 13.8. The second-order valence-corrected chi connectivity index (χ2v) is 6.25. The summed E-state index contributed by atoms with van der Waals surface area (Å²) in [5.41, 5.74) is 2.41. The number of hydrogen-bond acceptors (Lipinski definition) is 3. The van der Waals surface area contributed by atoms with Gasteiger partial charge in [-0.15, -0.1) is 17.0 Å². The van der Waals surface area contributed by atoms with Crippen LogP contribution in [0.15, 0.2) is 12.1 Å². The van der Waals surface area contributed by atoms with E-state index >= 15 is 0 Å². The van der Waals surface area contributed by atoms with Gasteiger partial charge in [-0.2, -0.15) is 0 Å². The Morgan fingerprint density at radius 1 is 1.00 bits per heavy atom. The van der Waals surface area contributed by atoms with Crippen molar-refractivity contribution in [1.29, 1.82) is 0 Å². The SMILES string of the molecule is Br.CCCCN(CCCC)C1CCc2cc(O)c(O)cc2C1. The molecule has 2 rings (SSSR count). The third kappa shape index (κ3) is 4.88. The second kappa shape index (κ2) is 9.41. The molecule has 0 amide bonds. The molecule has 3 nitrogen and oxygen atoms in total. The predicted molar refractivity (Wildman–Crippen MR) is 97.3 cm³/mol. The monoisotopic (exact) mass is 371 g/mol. The number of phenols is 2. The highest BCUT2D eigenvalue weighted by molar-refractivity contribution is 8.93. The summed E-state index contributed by atoms with van der Waals surface area (Å²) in [5, 5.41) is 19.3. The molecule has 0 fully saturated rings. The Bertz CT molecular complexity index is 457. The van der Waals surface area contributed by atoms with Gasteiger partial charge in [0.25, 0.3) is 0 Å². The van der Waals surface area contributed by atoms with Crippen molar-refractivity contribution in [3.05, 3.63) is 23.3 Å². The van der Waals surface area contributed by atoms with Crippen LogP contribution in [0.5, 0.6) is 11.5 Å². The first-order chi connectivity index (χ1) is 10.2. The van der Waals surface area contributed by atoms with Crippen molar-refractivity contribution < 1.29 is 10.2 Å². The maximum Gasteiger partial charge on any atom is 0.157 e. The van der Waals surface area contributed by atoms with E-state index in [2.05, 4.69) is 18.7 Å². The summed E-state index contributed by atoms with van der Waals surface area (Å²) >= 11 is 0. The number of halogens is 1. The molecular weight excluding hydrogens is 342 g/mol. The van der Waals surface area contributed by atoms with Crippen LogP contribution in [0.4, 0.5) is 0 Å². The van der Waals surface area contributed by atoms with Crippen LogP contribution in [-0.2, 0) is 12.8 Å². The third-order valence-corrected chi connectivity index (χ3v) is 4.61. The van der Waals surface area contributed by atoms with E-state index in [1.165, 1.54) is 49.9 Å². The number of hydrogen-bond donors (Lipinski definition) is 2. The molecule has 1 aliphatic rings. The molecule has 0 spiro atoms. The Morgan fingerprint density at radius 3 is 2.09 bits per heavy atom. The summed E-state index contributed by atoms with van der Waals surface area (Å²) in [7, 11) is 0. The van der Waals surface area contributed by atoms with E-state index in [-0.39, 0.29) is 28.5 Å². The zero-order chi connectivity index (χ0) is 15.2. The highest BCUT2D eigenvalue weighted by atomic mass is 79.9. The summed E-state index contributed by atoms with van der Waals surface area (Å²) in [4.78, 5) is 2.64. The van der Waals surface area contributed by atoms with E-state index in [4.69, 9.17) is 0 Å². The second-order valence-electron chi connectivity index (χ2n) is 6.25. The lowest BCUT2D eigenvalue weighted by Gasteiger charge is -2.35. The van der Waals surface area contributed by atoms with Crippen LogP contribution in [-0.4, -0.2) is 34.2 Å². The number of benzene rings is 1. The van der Waals surface area contributed by atoms with Crippen molar-refractivity contribution in [2.45, 2.75) is 64.8 Å². The van der Waals surface area contributed by atoms with Gasteiger partial charge in [-0.3, -0.25) is 0 Å². The van der Waals surface area contributed by atoms with Crippen molar-refractivity contribution in [1.82, 2.24) is 4.90 Å². The molecule has 0 aromatic heterocycles. The number of aryl methyl sites for hydroxylation is 1. The lowest BCUT2D eigenvalue weighted by atomic mass is 9.87. The van der Waals surface area contributed by atoms with Gasteiger partial charge < -0.3 is 15.1 Å². The van der Waals surface area contributed by atoms with Crippen LogP contribution in [0, 0.1) is 0 Å². The van der Waals surface area contributed by atoms with Gasteiger partial charge in [-0.1, -0.05) is 26.7 Å². The molecule has 1 aliphatic carbocycles. The maximum absolute atomic E-state index is 9.72. The minimum atomic E-state index is 0. The summed E-state index contributed by atoms with van der Waals surface area (Å²) in [5.74, 6) is 0.0316. The topological polar surface area (TPSA) is 43.7 Å². The Kier molecular flexibility index (Phi) is 8.26. The molecule has 0 heterocycles. The van der Waals surface area contributed by atoms with Crippen molar-refractivity contribution in [3.8, 4) is 11.5 Å². The van der Waals surface area contributed by atoms with Crippen LogP contribution < -0.4 is 0 Å². The molecule has 1 atom stereocenters. The molecule has 126 valence electrons. The molecule has 2 N–H and O–H groups in total. The van der Waals surface area contributed by atoms with Crippen molar-refractivity contribution in [2.24, 2.45) is 0 Å². The van der Waals surface area contributed by atoms with Gasteiger partial charge in [0.05, 0.1) is 0 Å². The molecule has 1 aromatic carbocycles. The average Bonchev–Trinajstić information content (AvgIpc) is 2.48. The smallest absolute Gasteiger partial charge is 0.157 e. The van der Waals surface area contributed by atoms with Gasteiger partial charge >= 0.3 is 0 Å². The van der Waals surface area contributed by atoms with E-state index in [0.29, 0.717) is 6.04 Å². The van der Waals surface area contributed by atoms with E-state index in [9.17, 15) is 10.2 Å². The van der Waals surface area contributed by atoms with Crippen LogP contribution in [0.1, 0.15) is 57.1 Å². The predicted octanol–water partition coefficient (Wildman–Crippen LogP) is 4.44. The van der Waals surface area contributed by atoms with Crippen molar-refractivity contribution in [3.63, 3.8) is 0 Å². The number of rotatable bonds is 7. The molecule has 0 bridgehead atoms. The fraction of sp³-hybridized carbons (Fsp3) is 0.667. The largest absolute Gasteiger partial charge is 0.504 e. The van der Waals surface area contributed by atoms with Crippen LogP contribution in [0.3, 0.4) is 0 Å². The van der Waals surface area contributed by atoms with E-state index in [1.807, 2.05) is 0 Å². The molecule has 22 heavy (non-hydrogen) atoms. The minimum Gasteiger partial charge on any atom is -0.504 e. The Balaban J connectivity index is 0.00000242. The lowest BCUT2D eigenvalue weighted by molar-refractivity contribution is 0.174. The van der Waals surface area contributed by atoms with Crippen LogP contribution in [0.2, 0.25) is 0 Å². The Morgan fingerprint density at radius 2 is 1.55 bits per heavy atom. The van der Waals surface area contributed by atoms with Crippen molar-refractivity contribution in [2.75, 3.05) is 13.1 Å². The normalized spacial score (nSPS) is 17.1. The molecule has 0 saturated heterocycles. The summed E-state index contributed by atoms with van der Waals surface area (Å²) < 4.78 is 0. The Labute approximate surface area is 145 Å². The quantitative estimate of drug-likeness (QED) is 0.696. The number of aromatic hydroxyl groups is 2. The third-order valence-electron chi connectivity index (χ3n) is 4.61. The molecule has 0 radical (unpaired) electrons. The van der Waals surface area contributed by atoms with Gasteiger partial charge in [0.1, 0.15) is 0 Å². The van der Waals surface area contributed by atoms with Crippen molar-refractivity contribution >= 4 is 17.0 Å². The maximum atomic E-state index is 9.72. The fourth-order valence-electron chi connectivity index (χ4n) is 3.28. The first-order valence-electron chi connectivity index (χ1n) is 8.43. The first-order valence-corrected chi connectivity index (χ1v) is 8.43. The van der Waals surface area contributed by atoms with Crippen LogP contribution >= 0.6 is 17.0 Å². The molecular formula is C18H30BrNO2. The number of unbranched alkanes of at least 4 members (excludes halogenated alkanes) is 2. The molecule has 0 aliphatic heterocycles. The Hall–Kier alpha value is -0.740. The highest BCUT2D eigenvalue weighted by Gasteiger charge is 2.24. The van der Waals surface area contributed by atoms with Gasteiger partial charge in [0, 0.05) is 6.04 Å². The number of nitrogens with zero attached hydrogens (tertiary/aromatic N) is 1. The molecule has 0 saturated carbocycles. The average molecular weight is 372 g/mol. The summed E-state index contributed by atoms with van der Waals surface area (Å²) in [6.07, 6.45) is 8.15. The standard InChI is InChI=1S/C18H29NO2.BrH/c1-3-5-9-19(10-6-4-2)16-8-7-14-12-17(20)18(21)13-15(14)11-16;/h12-13,16,20-21H,3-11H2,1-2H3;1H. The van der Waals surface area contributed by atoms with Gasteiger partial charge in [0.15, 0.2) is 11.5 Å². The zero-order valence-corrected chi connectivity index (χ0v) is 15.6. The van der Waals surface area contributed by atoms with Gasteiger partial charge in [-0.05, 0) is 68.5 Å².